The molecule has 1 N–H and O–H groups in total. The molecule has 16 heavy (non-hydrogen) atoms. The minimum absolute atomic E-state index is 0.130. The van der Waals surface area contributed by atoms with Gasteiger partial charge in [-0.05, 0) is 62.0 Å². The van der Waals surface area contributed by atoms with E-state index in [1.54, 1.807) is 6.07 Å². The maximum absolute atomic E-state index is 13.1. The first-order chi connectivity index (χ1) is 7.54. The van der Waals surface area contributed by atoms with Crippen molar-refractivity contribution in [1.29, 1.82) is 0 Å². The summed E-state index contributed by atoms with van der Waals surface area (Å²) in [5, 5.41) is 3.19. The molecule has 1 aromatic carbocycles. The van der Waals surface area contributed by atoms with E-state index in [1.165, 1.54) is 11.6 Å². The van der Waals surface area contributed by atoms with Crippen LogP contribution in [-0.4, -0.2) is 13.6 Å². The van der Waals surface area contributed by atoms with Gasteiger partial charge in [0.2, 0.25) is 0 Å². The number of hydrogen-bond donors (Lipinski definition) is 1. The van der Waals surface area contributed by atoms with Gasteiger partial charge in [-0.3, -0.25) is 0 Å². The lowest BCUT2D eigenvalue weighted by Gasteiger charge is -2.20. The number of aryl methyl sites for hydroxylation is 1. The Morgan fingerprint density at radius 3 is 2.56 bits per heavy atom. The van der Waals surface area contributed by atoms with E-state index in [9.17, 15) is 4.39 Å². The highest BCUT2D eigenvalue weighted by molar-refractivity contribution is 5.26. The molecule has 0 aliphatic heterocycles. The van der Waals surface area contributed by atoms with Gasteiger partial charge in [0, 0.05) is 0 Å². The van der Waals surface area contributed by atoms with E-state index in [2.05, 4.69) is 19.2 Å². The number of rotatable bonds is 5. The van der Waals surface area contributed by atoms with Gasteiger partial charge in [0.25, 0.3) is 0 Å². The van der Waals surface area contributed by atoms with Crippen LogP contribution < -0.4 is 5.32 Å². The van der Waals surface area contributed by atoms with Gasteiger partial charge in [0.1, 0.15) is 5.82 Å². The Bertz CT molecular complexity index is 336. The van der Waals surface area contributed by atoms with Gasteiger partial charge in [-0.15, -0.1) is 0 Å². The third-order valence-electron chi connectivity index (χ3n) is 3.35. The Morgan fingerprint density at radius 2 is 1.94 bits per heavy atom. The number of nitrogens with one attached hydrogen (secondary N) is 1. The summed E-state index contributed by atoms with van der Waals surface area (Å²) in [6.07, 6.45) is 0.951. The fourth-order valence-electron chi connectivity index (χ4n) is 1.93. The van der Waals surface area contributed by atoms with E-state index < -0.39 is 0 Å². The van der Waals surface area contributed by atoms with Gasteiger partial charge in [-0.1, -0.05) is 19.9 Å². The third-order valence-corrected chi connectivity index (χ3v) is 3.35. The molecule has 0 spiro atoms. The monoisotopic (exact) mass is 223 g/mol. The molecule has 90 valence electrons. The third kappa shape index (κ3) is 3.60. The van der Waals surface area contributed by atoms with Crippen LogP contribution in [0, 0.1) is 24.6 Å². The van der Waals surface area contributed by atoms with Crippen molar-refractivity contribution in [3.63, 3.8) is 0 Å². The summed E-state index contributed by atoms with van der Waals surface area (Å²) in [6, 6.07) is 5.05. The molecule has 2 unspecified atom stereocenters. The van der Waals surface area contributed by atoms with Gasteiger partial charge >= 0.3 is 0 Å². The molecule has 0 saturated heterocycles. The first-order valence-corrected chi connectivity index (χ1v) is 5.94. The minimum atomic E-state index is -0.130. The second-order valence-electron chi connectivity index (χ2n) is 4.79. The topological polar surface area (TPSA) is 12.0 Å². The van der Waals surface area contributed by atoms with Crippen molar-refractivity contribution >= 4 is 0 Å². The molecule has 0 radical (unpaired) electrons. The zero-order valence-electron chi connectivity index (χ0n) is 10.7. The first-order valence-electron chi connectivity index (χ1n) is 5.94. The summed E-state index contributed by atoms with van der Waals surface area (Å²) in [6.45, 7) is 7.52. The Labute approximate surface area is 98.1 Å². The van der Waals surface area contributed by atoms with E-state index in [4.69, 9.17) is 0 Å². The van der Waals surface area contributed by atoms with Gasteiger partial charge in [0.15, 0.2) is 0 Å². The minimum Gasteiger partial charge on any atom is -0.319 e. The molecule has 0 fully saturated rings. The Kier molecular flexibility index (Phi) is 4.94. The smallest absolute Gasteiger partial charge is 0.123 e. The summed E-state index contributed by atoms with van der Waals surface area (Å²) in [4.78, 5) is 0. The van der Waals surface area contributed by atoms with Crippen LogP contribution in [-0.2, 0) is 6.42 Å². The van der Waals surface area contributed by atoms with Crippen LogP contribution in [0.4, 0.5) is 4.39 Å². The molecule has 1 rings (SSSR count). The van der Waals surface area contributed by atoms with Crippen molar-refractivity contribution < 1.29 is 4.39 Å². The molecule has 2 heteroatoms. The molecule has 0 amide bonds. The van der Waals surface area contributed by atoms with Crippen LogP contribution >= 0.6 is 0 Å². The van der Waals surface area contributed by atoms with Crippen molar-refractivity contribution in [2.24, 2.45) is 11.8 Å². The predicted octanol–water partition coefficient (Wildman–Crippen LogP) is 3.17. The molecule has 0 saturated carbocycles. The number of benzene rings is 1. The van der Waals surface area contributed by atoms with Gasteiger partial charge in [-0.2, -0.15) is 0 Å². The maximum atomic E-state index is 13.1. The van der Waals surface area contributed by atoms with E-state index in [0.717, 1.165) is 18.5 Å². The Hall–Kier alpha value is -0.890. The van der Waals surface area contributed by atoms with Crippen LogP contribution in [0.2, 0.25) is 0 Å². The SMILES string of the molecule is CNCC(C)C(C)Cc1cc(F)ccc1C. The molecule has 0 aromatic heterocycles. The molecular formula is C14H22FN. The molecule has 1 aromatic rings. The number of halogens is 1. The van der Waals surface area contributed by atoms with Crippen molar-refractivity contribution in [3.8, 4) is 0 Å². The standard InChI is InChI=1S/C14H22FN/c1-10-5-6-14(15)8-13(10)7-11(2)12(3)9-16-4/h5-6,8,11-12,16H,7,9H2,1-4H3. The van der Waals surface area contributed by atoms with Crippen molar-refractivity contribution in [3.05, 3.63) is 35.1 Å². The fourth-order valence-corrected chi connectivity index (χ4v) is 1.93. The van der Waals surface area contributed by atoms with Gasteiger partial charge in [-0.25, -0.2) is 4.39 Å². The van der Waals surface area contributed by atoms with Crippen molar-refractivity contribution in [2.75, 3.05) is 13.6 Å². The van der Waals surface area contributed by atoms with E-state index in [1.807, 2.05) is 20.0 Å². The molecule has 2 atom stereocenters. The second-order valence-corrected chi connectivity index (χ2v) is 4.79. The highest BCUT2D eigenvalue weighted by atomic mass is 19.1. The lowest BCUT2D eigenvalue weighted by molar-refractivity contribution is 0.373. The van der Waals surface area contributed by atoms with E-state index in [0.29, 0.717) is 11.8 Å². The Balaban J connectivity index is 2.68. The zero-order valence-corrected chi connectivity index (χ0v) is 10.7. The summed E-state index contributed by atoms with van der Waals surface area (Å²) in [7, 11) is 1.97. The number of hydrogen-bond acceptors (Lipinski definition) is 1. The van der Waals surface area contributed by atoms with Crippen LogP contribution in [0.1, 0.15) is 25.0 Å². The lowest BCUT2D eigenvalue weighted by atomic mass is 9.88. The zero-order chi connectivity index (χ0) is 12.1. The molecule has 0 bridgehead atoms. The summed E-state index contributed by atoms with van der Waals surface area (Å²) in [5.74, 6) is 1.04. The van der Waals surface area contributed by atoms with Crippen LogP contribution in [0.25, 0.3) is 0 Å². The largest absolute Gasteiger partial charge is 0.319 e. The Morgan fingerprint density at radius 1 is 1.25 bits per heavy atom. The molecule has 0 aliphatic rings. The first kappa shape index (κ1) is 13.2. The van der Waals surface area contributed by atoms with Crippen LogP contribution in [0.5, 0.6) is 0 Å². The average molecular weight is 223 g/mol. The van der Waals surface area contributed by atoms with E-state index in [-0.39, 0.29) is 5.82 Å². The lowest BCUT2D eigenvalue weighted by Crippen LogP contribution is -2.23. The maximum Gasteiger partial charge on any atom is 0.123 e. The van der Waals surface area contributed by atoms with E-state index >= 15 is 0 Å². The second kappa shape index (κ2) is 6.00. The quantitative estimate of drug-likeness (QED) is 0.808. The van der Waals surface area contributed by atoms with Crippen molar-refractivity contribution in [2.45, 2.75) is 27.2 Å². The summed E-state index contributed by atoms with van der Waals surface area (Å²) >= 11 is 0. The molecular weight excluding hydrogens is 201 g/mol. The van der Waals surface area contributed by atoms with Crippen LogP contribution in [0.15, 0.2) is 18.2 Å². The fraction of sp³-hybridized carbons (Fsp3) is 0.571. The highest BCUT2D eigenvalue weighted by Crippen LogP contribution is 2.19. The summed E-state index contributed by atoms with van der Waals surface area (Å²) < 4.78 is 13.1. The predicted molar refractivity (Wildman–Crippen MR) is 67.1 cm³/mol. The average Bonchev–Trinajstić information content (AvgIpc) is 2.23. The van der Waals surface area contributed by atoms with Gasteiger partial charge in [0.05, 0.1) is 0 Å². The van der Waals surface area contributed by atoms with Crippen molar-refractivity contribution in [1.82, 2.24) is 5.32 Å². The normalized spacial score (nSPS) is 14.8. The molecule has 0 heterocycles. The van der Waals surface area contributed by atoms with Crippen LogP contribution in [0.3, 0.4) is 0 Å². The van der Waals surface area contributed by atoms with Gasteiger partial charge < -0.3 is 5.32 Å². The molecule has 0 aliphatic carbocycles. The summed E-state index contributed by atoms with van der Waals surface area (Å²) in [5.41, 5.74) is 2.32. The highest BCUT2D eigenvalue weighted by Gasteiger charge is 2.13. The molecule has 1 nitrogen and oxygen atoms in total.